The first-order valence-electron chi connectivity index (χ1n) is 7.51. The van der Waals surface area contributed by atoms with E-state index < -0.39 is 0 Å². The van der Waals surface area contributed by atoms with Crippen LogP contribution in [0.4, 0.5) is 5.82 Å². The number of aromatic nitrogens is 2. The number of benzene rings is 1. The molecular weight excluding hydrogens is 290 g/mol. The van der Waals surface area contributed by atoms with Crippen LogP contribution in [0.25, 0.3) is 5.69 Å². The number of aryl methyl sites for hydroxylation is 2. The molecule has 0 aliphatic heterocycles. The van der Waals surface area contributed by atoms with Gasteiger partial charge in [-0.15, -0.1) is 0 Å². The van der Waals surface area contributed by atoms with Gasteiger partial charge in [-0.25, -0.2) is 0 Å². The molecule has 0 saturated carbocycles. The summed E-state index contributed by atoms with van der Waals surface area (Å²) in [5.41, 5.74) is 3.76. The Morgan fingerprint density at radius 2 is 1.91 bits per heavy atom. The van der Waals surface area contributed by atoms with Crippen LogP contribution in [-0.2, 0) is 0 Å². The molecule has 23 heavy (non-hydrogen) atoms. The number of nitrogens with one attached hydrogen (secondary N) is 1. The van der Waals surface area contributed by atoms with E-state index in [9.17, 15) is 4.79 Å². The van der Waals surface area contributed by atoms with Gasteiger partial charge in [0, 0.05) is 28.7 Å². The SMILES string of the molecule is Cc1cc(NCC(=O)c2cc(C)n(-c3ccccc3)c2C)no1. The Morgan fingerprint density at radius 3 is 2.57 bits per heavy atom. The van der Waals surface area contributed by atoms with Crippen molar-refractivity contribution in [3.8, 4) is 5.69 Å². The van der Waals surface area contributed by atoms with Gasteiger partial charge < -0.3 is 14.4 Å². The Bertz CT molecular complexity index is 831. The maximum Gasteiger partial charge on any atom is 0.183 e. The molecule has 1 aromatic carbocycles. The van der Waals surface area contributed by atoms with E-state index in [2.05, 4.69) is 15.0 Å². The van der Waals surface area contributed by atoms with Crippen LogP contribution in [0.2, 0.25) is 0 Å². The lowest BCUT2D eigenvalue weighted by molar-refractivity contribution is 0.101. The highest BCUT2D eigenvalue weighted by Crippen LogP contribution is 2.21. The quantitative estimate of drug-likeness (QED) is 0.730. The fourth-order valence-electron chi connectivity index (χ4n) is 2.74. The average Bonchev–Trinajstić information content (AvgIpc) is 3.09. The van der Waals surface area contributed by atoms with Crippen LogP contribution in [-0.4, -0.2) is 22.1 Å². The predicted octanol–water partition coefficient (Wildman–Crippen LogP) is 3.69. The second-order valence-corrected chi connectivity index (χ2v) is 5.56. The van der Waals surface area contributed by atoms with E-state index in [1.54, 1.807) is 6.07 Å². The van der Waals surface area contributed by atoms with E-state index in [1.807, 2.05) is 57.2 Å². The van der Waals surface area contributed by atoms with Crippen LogP contribution < -0.4 is 5.32 Å². The molecule has 0 aliphatic carbocycles. The van der Waals surface area contributed by atoms with E-state index in [0.29, 0.717) is 11.6 Å². The van der Waals surface area contributed by atoms with Gasteiger partial charge in [-0.1, -0.05) is 23.4 Å². The zero-order valence-electron chi connectivity index (χ0n) is 13.5. The number of hydrogen-bond donors (Lipinski definition) is 1. The minimum atomic E-state index is 0.0286. The van der Waals surface area contributed by atoms with Crippen molar-refractivity contribution in [2.24, 2.45) is 0 Å². The van der Waals surface area contributed by atoms with Crippen molar-refractivity contribution in [1.82, 2.24) is 9.72 Å². The lowest BCUT2D eigenvalue weighted by atomic mass is 10.1. The third kappa shape index (κ3) is 3.04. The highest BCUT2D eigenvalue weighted by molar-refractivity contribution is 6.00. The molecule has 2 aromatic heterocycles. The standard InChI is InChI=1S/C18H19N3O2/c1-12-9-16(14(3)21(12)15-7-5-4-6-8-15)17(22)11-19-18-10-13(2)23-20-18/h4-10H,11H2,1-3H3,(H,19,20). The topological polar surface area (TPSA) is 60.1 Å². The van der Waals surface area contributed by atoms with E-state index in [-0.39, 0.29) is 12.3 Å². The molecule has 0 aliphatic rings. The Hall–Kier alpha value is -2.82. The highest BCUT2D eigenvalue weighted by Gasteiger charge is 2.16. The Kier molecular flexibility index (Phi) is 4.02. The van der Waals surface area contributed by atoms with Crippen molar-refractivity contribution in [2.45, 2.75) is 20.8 Å². The van der Waals surface area contributed by atoms with Crippen LogP contribution >= 0.6 is 0 Å². The molecule has 5 nitrogen and oxygen atoms in total. The summed E-state index contributed by atoms with van der Waals surface area (Å²) < 4.78 is 7.07. The molecule has 0 fully saturated rings. The molecule has 118 valence electrons. The summed E-state index contributed by atoms with van der Waals surface area (Å²) in [4.78, 5) is 12.5. The van der Waals surface area contributed by atoms with Gasteiger partial charge in [0.25, 0.3) is 0 Å². The molecule has 2 heterocycles. The van der Waals surface area contributed by atoms with Crippen molar-refractivity contribution in [3.05, 3.63) is 65.2 Å². The summed E-state index contributed by atoms with van der Waals surface area (Å²) in [7, 11) is 0. The first-order valence-corrected chi connectivity index (χ1v) is 7.51. The van der Waals surface area contributed by atoms with Gasteiger partial charge in [-0.3, -0.25) is 4.79 Å². The molecule has 0 spiro atoms. The molecule has 0 radical (unpaired) electrons. The van der Waals surface area contributed by atoms with E-state index in [1.165, 1.54) is 0 Å². The van der Waals surface area contributed by atoms with E-state index in [0.717, 1.165) is 22.6 Å². The predicted molar refractivity (Wildman–Crippen MR) is 89.3 cm³/mol. The number of ketones is 1. The van der Waals surface area contributed by atoms with Crippen LogP contribution in [0.3, 0.4) is 0 Å². The number of nitrogens with zero attached hydrogens (tertiary/aromatic N) is 2. The van der Waals surface area contributed by atoms with E-state index in [4.69, 9.17) is 4.52 Å². The largest absolute Gasteiger partial charge is 0.360 e. The first kappa shape index (κ1) is 15.1. The van der Waals surface area contributed by atoms with Crippen molar-refractivity contribution in [1.29, 1.82) is 0 Å². The summed E-state index contributed by atoms with van der Waals surface area (Å²) in [5.74, 6) is 1.32. The Balaban J connectivity index is 1.82. The number of Topliss-reactive ketones (excluding diaryl/α,β-unsaturated/α-hetero) is 1. The second kappa shape index (κ2) is 6.12. The van der Waals surface area contributed by atoms with Crippen molar-refractivity contribution < 1.29 is 9.32 Å². The number of anilines is 1. The summed E-state index contributed by atoms with van der Waals surface area (Å²) in [5, 5.41) is 6.83. The van der Waals surface area contributed by atoms with Crippen molar-refractivity contribution in [3.63, 3.8) is 0 Å². The highest BCUT2D eigenvalue weighted by atomic mass is 16.5. The summed E-state index contributed by atoms with van der Waals surface area (Å²) in [6.07, 6.45) is 0. The molecule has 0 bridgehead atoms. The van der Waals surface area contributed by atoms with Crippen molar-refractivity contribution in [2.75, 3.05) is 11.9 Å². The summed E-state index contributed by atoms with van der Waals surface area (Å²) >= 11 is 0. The van der Waals surface area contributed by atoms with Crippen LogP contribution in [0.1, 0.15) is 27.5 Å². The maximum atomic E-state index is 12.5. The van der Waals surface area contributed by atoms with Crippen molar-refractivity contribution >= 4 is 11.6 Å². The lowest BCUT2D eigenvalue weighted by Crippen LogP contribution is -2.15. The lowest BCUT2D eigenvalue weighted by Gasteiger charge is -2.09. The van der Waals surface area contributed by atoms with Gasteiger partial charge in [-0.2, -0.15) is 0 Å². The third-order valence-corrected chi connectivity index (χ3v) is 3.80. The average molecular weight is 309 g/mol. The molecule has 0 unspecified atom stereocenters. The minimum absolute atomic E-state index is 0.0286. The van der Waals surface area contributed by atoms with Gasteiger partial charge in [0.2, 0.25) is 0 Å². The van der Waals surface area contributed by atoms with Gasteiger partial charge in [-0.05, 0) is 39.0 Å². The van der Waals surface area contributed by atoms with E-state index >= 15 is 0 Å². The normalized spacial score (nSPS) is 10.7. The van der Waals surface area contributed by atoms with Gasteiger partial charge in [0.15, 0.2) is 11.6 Å². The fraction of sp³-hybridized carbons (Fsp3) is 0.222. The van der Waals surface area contributed by atoms with Gasteiger partial charge in [0.1, 0.15) is 5.76 Å². The first-order chi connectivity index (χ1) is 11.1. The van der Waals surface area contributed by atoms with Crippen LogP contribution in [0.15, 0.2) is 47.0 Å². The minimum Gasteiger partial charge on any atom is -0.360 e. The molecule has 5 heteroatoms. The number of rotatable bonds is 5. The van der Waals surface area contributed by atoms with Gasteiger partial charge >= 0.3 is 0 Å². The molecule has 0 atom stereocenters. The molecule has 0 amide bonds. The Morgan fingerprint density at radius 1 is 1.17 bits per heavy atom. The summed E-state index contributed by atoms with van der Waals surface area (Å²) in [6, 6.07) is 13.7. The zero-order chi connectivity index (χ0) is 16.4. The monoisotopic (exact) mass is 309 g/mol. The maximum absolute atomic E-state index is 12.5. The third-order valence-electron chi connectivity index (χ3n) is 3.80. The zero-order valence-corrected chi connectivity index (χ0v) is 13.5. The number of carbonyl (C=O) groups excluding carboxylic acids is 1. The van der Waals surface area contributed by atoms with Gasteiger partial charge in [0.05, 0.1) is 6.54 Å². The molecule has 3 rings (SSSR count). The van der Waals surface area contributed by atoms with Crippen LogP contribution in [0, 0.1) is 20.8 Å². The summed E-state index contributed by atoms with van der Waals surface area (Å²) in [6.45, 7) is 5.97. The number of carbonyl (C=O) groups is 1. The number of para-hydroxylation sites is 1. The Labute approximate surface area is 134 Å². The number of hydrogen-bond acceptors (Lipinski definition) is 4. The molecule has 0 saturated heterocycles. The molecule has 3 aromatic rings. The molecule has 1 N–H and O–H groups in total. The second-order valence-electron chi connectivity index (χ2n) is 5.56. The van der Waals surface area contributed by atoms with Crippen LogP contribution in [0.5, 0.6) is 0 Å². The molecular formula is C18H19N3O2. The fourth-order valence-corrected chi connectivity index (χ4v) is 2.74. The smallest absolute Gasteiger partial charge is 0.183 e.